The van der Waals surface area contributed by atoms with Crippen LogP contribution in [0, 0.1) is 0 Å². The molecule has 1 heterocycles. The van der Waals surface area contributed by atoms with Crippen molar-refractivity contribution in [3.05, 3.63) is 47.2 Å². The maximum Gasteiger partial charge on any atom is 0.374 e. The Labute approximate surface area is 155 Å². The van der Waals surface area contributed by atoms with Crippen LogP contribution < -0.4 is 10.6 Å². The molecule has 0 aliphatic rings. The zero-order chi connectivity index (χ0) is 19.1. The molecule has 1 aromatic carbocycles. The average molecular weight is 379 g/mol. The molecule has 2 rings (SSSR count). The SMILES string of the molecule is CCNC(=O)[C@@H](C)NC(=O)COC(=O)c1ccc(-c2ccccc2Cl)o1. The standard InChI is InChI=1S/C18H19ClN2O5/c1-3-20-17(23)11(2)21-16(22)10-25-18(24)15-9-8-14(26-15)12-6-4-5-7-13(12)19/h4-9,11H,3,10H2,1-2H3,(H,20,23)(H,21,22)/t11-/m1/s1. The summed E-state index contributed by atoms with van der Waals surface area (Å²) in [4.78, 5) is 35.3. The maximum atomic E-state index is 12.0. The summed E-state index contributed by atoms with van der Waals surface area (Å²) in [5.41, 5.74) is 0.640. The molecule has 138 valence electrons. The van der Waals surface area contributed by atoms with Crippen LogP contribution in [0.15, 0.2) is 40.8 Å². The van der Waals surface area contributed by atoms with Crippen LogP contribution in [-0.2, 0) is 14.3 Å². The molecule has 0 bridgehead atoms. The van der Waals surface area contributed by atoms with Gasteiger partial charge in [-0.05, 0) is 38.1 Å². The summed E-state index contributed by atoms with van der Waals surface area (Å²) >= 11 is 6.08. The van der Waals surface area contributed by atoms with Crippen molar-refractivity contribution in [2.75, 3.05) is 13.2 Å². The summed E-state index contributed by atoms with van der Waals surface area (Å²) in [6.07, 6.45) is 0. The van der Waals surface area contributed by atoms with E-state index in [1.807, 2.05) is 0 Å². The van der Waals surface area contributed by atoms with Crippen molar-refractivity contribution in [1.82, 2.24) is 10.6 Å². The number of carbonyl (C=O) groups excluding carboxylic acids is 3. The van der Waals surface area contributed by atoms with Crippen molar-refractivity contribution in [1.29, 1.82) is 0 Å². The largest absolute Gasteiger partial charge is 0.450 e. The Bertz CT molecular complexity index is 802. The van der Waals surface area contributed by atoms with Gasteiger partial charge in [0.2, 0.25) is 11.7 Å². The predicted molar refractivity (Wildman–Crippen MR) is 95.7 cm³/mol. The Morgan fingerprint density at radius 2 is 1.92 bits per heavy atom. The Kier molecular flexibility index (Phi) is 6.80. The number of ether oxygens (including phenoxy) is 1. The number of esters is 1. The van der Waals surface area contributed by atoms with Crippen LogP contribution in [0.1, 0.15) is 24.4 Å². The molecule has 2 aromatic rings. The van der Waals surface area contributed by atoms with Gasteiger partial charge in [-0.3, -0.25) is 9.59 Å². The number of carbonyl (C=O) groups is 3. The number of likely N-dealkylation sites (N-methyl/N-ethyl adjacent to an activating group) is 1. The van der Waals surface area contributed by atoms with Crippen molar-refractivity contribution in [3.63, 3.8) is 0 Å². The van der Waals surface area contributed by atoms with Gasteiger partial charge in [-0.25, -0.2) is 4.79 Å². The van der Waals surface area contributed by atoms with Crippen molar-refractivity contribution in [3.8, 4) is 11.3 Å². The number of halogens is 1. The van der Waals surface area contributed by atoms with Crippen LogP contribution in [-0.4, -0.2) is 37.0 Å². The fourth-order valence-corrected chi connectivity index (χ4v) is 2.36. The molecule has 8 heteroatoms. The molecule has 0 fully saturated rings. The highest BCUT2D eigenvalue weighted by Crippen LogP contribution is 2.29. The van der Waals surface area contributed by atoms with Crippen LogP contribution >= 0.6 is 11.6 Å². The molecule has 26 heavy (non-hydrogen) atoms. The van der Waals surface area contributed by atoms with Gasteiger partial charge in [0.25, 0.3) is 5.91 Å². The predicted octanol–water partition coefficient (Wildman–Crippen LogP) is 2.40. The first-order valence-electron chi connectivity index (χ1n) is 8.01. The third-order valence-electron chi connectivity index (χ3n) is 3.40. The van der Waals surface area contributed by atoms with E-state index in [2.05, 4.69) is 10.6 Å². The summed E-state index contributed by atoms with van der Waals surface area (Å²) < 4.78 is 10.3. The van der Waals surface area contributed by atoms with E-state index in [9.17, 15) is 14.4 Å². The number of amides is 2. The van der Waals surface area contributed by atoms with Gasteiger partial charge in [-0.1, -0.05) is 23.7 Å². The third-order valence-corrected chi connectivity index (χ3v) is 3.73. The zero-order valence-electron chi connectivity index (χ0n) is 14.4. The number of nitrogens with one attached hydrogen (secondary N) is 2. The molecule has 0 unspecified atom stereocenters. The van der Waals surface area contributed by atoms with Crippen LogP contribution in [0.25, 0.3) is 11.3 Å². The number of benzene rings is 1. The van der Waals surface area contributed by atoms with E-state index in [-0.39, 0.29) is 11.7 Å². The molecule has 7 nitrogen and oxygen atoms in total. The van der Waals surface area contributed by atoms with E-state index in [1.54, 1.807) is 37.3 Å². The summed E-state index contributed by atoms with van der Waals surface area (Å²) in [6.45, 7) is 3.24. The lowest BCUT2D eigenvalue weighted by Crippen LogP contribution is -2.46. The number of furan rings is 1. The molecule has 2 N–H and O–H groups in total. The highest BCUT2D eigenvalue weighted by atomic mass is 35.5. The van der Waals surface area contributed by atoms with E-state index in [0.29, 0.717) is 22.9 Å². The average Bonchev–Trinajstić information content (AvgIpc) is 3.10. The first-order valence-corrected chi connectivity index (χ1v) is 8.39. The zero-order valence-corrected chi connectivity index (χ0v) is 15.1. The second-order valence-corrected chi connectivity index (χ2v) is 5.81. The highest BCUT2D eigenvalue weighted by molar-refractivity contribution is 6.33. The van der Waals surface area contributed by atoms with Gasteiger partial charge in [0.1, 0.15) is 11.8 Å². The summed E-state index contributed by atoms with van der Waals surface area (Å²) in [5, 5.41) is 5.50. The lowest BCUT2D eigenvalue weighted by Gasteiger charge is -2.13. The highest BCUT2D eigenvalue weighted by Gasteiger charge is 2.18. The quantitative estimate of drug-likeness (QED) is 0.721. The van der Waals surface area contributed by atoms with Gasteiger partial charge < -0.3 is 19.8 Å². The van der Waals surface area contributed by atoms with Crippen molar-refractivity contribution < 1.29 is 23.5 Å². The van der Waals surface area contributed by atoms with Gasteiger partial charge in [0, 0.05) is 12.1 Å². The molecule has 0 radical (unpaired) electrons. The van der Waals surface area contributed by atoms with Crippen LogP contribution in [0.2, 0.25) is 5.02 Å². The molecule has 1 aromatic heterocycles. The van der Waals surface area contributed by atoms with E-state index in [1.165, 1.54) is 13.0 Å². The van der Waals surface area contributed by atoms with E-state index in [4.69, 9.17) is 20.8 Å². The fraction of sp³-hybridized carbons (Fsp3) is 0.278. The minimum Gasteiger partial charge on any atom is -0.450 e. The Balaban J connectivity index is 1.90. The second-order valence-electron chi connectivity index (χ2n) is 5.40. The molecule has 0 saturated heterocycles. The lowest BCUT2D eigenvalue weighted by molar-refractivity contribution is -0.130. The molecule has 0 aliphatic heterocycles. The van der Waals surface area contributed by atoms with Gasteiger partial charge in [-0.15, -0.1) is 0 Å². The fourth-order valence-electron chi connectivity index (χ4n) is 2.13. The van der Waals surface area contributed by atoms with Gasteiger partial charge in [0.05, 0.1) is 5.02 Å². The molecular weight excluding hydrogens is 360 g/mol. The minimum atomic E-state index is -0.788. The topological polar surface area (TPSA) is 97.6 Å². The Hall–Kier alpha value is -2.80. The second kappa shape index (κ2) is 9.05. The van der Waals surface area contributed by atoms with Gasteiger partial charge in [-0.2, -0.15) is 0 Å². The molecule has 0 aliphatic carbocycles. The first kappa shape index (κ1) is 19.5. The van der Waals surface area contributed by atoms with Crippen molar-refractivity contribution >= 4 is 29.4 Å². The maximum absolute atomic E-state index is 12.0. The Morgan fingerprint density at radius 1 is 1.19 bits per heavy atom. The Morgan fingerprint density at radius 3 is 2.62 bits per heavy atom. The van der Waals surface area contributed by atoms with Crippen LogP contribution in [0.4, 0.5) is 0 Å². The normalized spacial score (nSPS) is 11.5. The van der Waals surface area contributed by atoms with Gasteiger partial charge in [0.15, 0.2) is 6.61 Å². The summed E-state index contributed by atoms with van der Waals surface area (Å²) in [7, 11) is 0. The smallest absolute Gasteiger partial charge is 0.374 e. The molecule has 0 spiro atoms. The van der Waals surface area contributed by atoms with Crippen LogP contribution in [0.5, 0.6) is 0 Å². The number of hydrogen-bond acceptors (Lipinski definition) is 5. The van der Waals surface area contributed by atoms with E-state index >= 15 is 0 Å². The molecular formula is C18H19ClN2O5. The monoisotopic (exact) mass is 378 g/mol. The molecule has 1 atom stereocenters. The van der Waals surface area contributed by atoms with E-state index in [0.717, 1.165) is 0 Å². The third kappa shape index (κ3) is 5.10. The summed E-state index contributed by atoms with van der Waals surface area (Å²) in [6, 6.07) is 9.35. The van der Waals surface area contributed by atoms with Crippen molar-refractivity contribution in [2.45, 2.75) is 19.9 Å². The molecule has 2 amide bonds. The summed E-state index contributed by atoms with van der Waals surface area (Å²) in [5.74, 6) is -1.33. The minimum absolute atomic E-state index is 0.0514. The lowest BCUT2D eigenvalue weighted by atomic mass is 10.2. The van der Waals surface area contributed by atoms with Gasteiger partial charge >= 0.3 is 5.97 Å². The van der Waals surface area contributed by atoms with E-state index < -0.39 is 24.5 Å². The van der Waals surface area contributed by atoms with Crippen LogP contribution in [0.3, 0.4) is 0 Å². The first-order chi connectivity index (χ1) is 12.4. The molecule has 0 saturated carbocycles. The number of rotatable bonds is 7. The number of hydrogen-bond donors (Lipinski definition) is 2. The van der Waals surface area contributed by atoms with Crippen molar-refractivity contribution in [2.24, 2.45) is 0 Å².